The number of rotatable bonds is 4. The summed E-state index contributed by atoms with van der Waals surface area (Å²) in [5.41, 5.74) is 7.16. The number of hydrogen-bond acceptors (Lipinski definition) is 2. The summed E-state index contributed by atoms with van der Waals surface area (Å²) in [7, 11) is 0. The topological polar surface area (TPSA) is 43.8 Å². The van der Waals surface area contributed by atoms with E-state index in [-0.39, 0.29) is 16.9 Å². The van der Waals surface area contributed by atoms with Gasteiger partial charge in [0.15, 0.2) is 0 Å². The van der Waals surface area contributed by atoms with E-state index >= 15 is 0 Å². The van der Waals surface area contributed by atoms with E-state index in [1.165, 1.54) is 6.07 Å². The Kier molecular flexibility index (Phi) is 3.99. The molecule has 0 aliphatic carbocycles. The van der Waals surface area contributed by atoms with E-state index in [2.05, 4.69) is 4.98 Å². The predicted molar refractivity (Wildman–Crippen MR) is 70.1 cm³/mol. The van der Waals surface area contributed by atoms with Gasteiger partial charge in [-0.25, -0.2) is 9.37 Å². The SMILES string of the molecule is CC(N)Cc1cn(Cc2cccc(Cl)c2F)cn1. The molecule has 0 saturated heterocycles. The monoisotopic (exact) mass is 267 g/mol. The summed E-state index contributed by atoms with van der Waals surface area (Å²) >= 11 is 5.74. The van der Waals surface area contributed by atoms with E-state index in [4.69, 9.17) is 17.3 Å². The van der Waals surface area contributed by atoms with Gasteiger partial charge in [-0.3, -0.25) is 0 Å². The molecule has 96 valence electrons. The molecule has 0 aliphatic heterocycles. The maximum atomic E-state index is 13.7. The van der Waals surface area contributed by atoms with Crippen LogP contribution in [-0.4, -0.2) is 15.6 Å². The Labute approximate surface area is 110 Å². The van der Waals surface area contributed by atoms with Crippen LogP contribution < -0.4 is 5.73 Å². The van der Waals surface area contributed by atoms with Gasteiger partial charge in [0.05, 0.1) is 23.6 Å². The first-order chi connectivity index (χ1) is 8.56. The fraction of sp³-hybridized carbons (Fsp3) is 0.308. The molecule has 2 N–H and O–H groups in total. The average molecular weight is 268 g/mol. The third-order valence-corrected chi connectivity index (χ3v) is 2.89. The lowest BCUT2D eigenvalue weighted by Gasteiger charge is -2.05. The third-order valence-electron chi connectivity index (χ3n) is 2.60. The van der Waals surface area contributed by atoms with Gasteiger partial charge in [-0.05, 0) is 13.0 Å². The second kappa shape index (κ2) is 5.50. The highest BCUT2D eigenvalue weighted by Crippen LogP contribution is 2.18. The standard InChI is InChI=1S/C13H15ClFN3/c1-9(16)5-11-7-18(8-17-11)6-10-3-2-4-12(14)13(10)15/h2-4,7-9H,5-6,16H2,1H3. The first-order valence-corrected chi connectivity index (χ1v) is 6.13. The van der Waals surface area contributed by atoms with Gasteiger partial charge in [0.25, 0.3) is 0 Å². The normalized spacial score (nSPS) is 12.7. The fourth-order valence-electron chi connectivity index (χ4n) is 1.80. The van der Waals surface area contributed by atoms with Crippen LogP contribution in [0.3, 0.4) is 0 Å². The van der Waals surface area contributed by atoms with Crippen LogP contribution in [0.5, 0.6) is 0 Å². The maximum absolute atomic E-state index is 13.7. The summed E-state index contributed by atoms with van der Waals surface area (Å²) in [6.07, 6.45) is 4.27. The van der Waals surface area contributed by atoms with Crippen molar-refractivity contribution < 1.29 is 4.39 Å². The predicted octanol–water partition coefficient (Wildman–Crippen LogP) is 2.61. The summed E-state index contributed by atoms with van der Waals surface area (Å²) in [6.45, 7) is 2.34. The van der Waals surface area contributed by atoms with E-state index in [9.17, 15) is 4.39 Å². The first-order valence-electron chi connectivity index (χ1n) is 5.75. The Morgan fingerprint density at radius 2 is 2.28 bits per heavy atom. The number of hydrogen-bond donors (Lipinski definition) is 1. The number of benzene rings is 1. The summed E-state index contributed by atoms with van der Waals surface area (Å²) in [6, 6.07) is 5.05. The molecule has 0 radical (unpaired) electrons. The van der Waals surface area contributed by atoms with Crippen molar-refractivity contribution in [1.29, 1.82) is 0 Å². The molecular weight excluding hydrogens is 253 g/mol. The second-order valence-electron chi connectivity index (χ2n) is 4.43. The number of nitrogens with zero attached hydrogens (tertiary/aromatic N) is 2. The van der Waals surface area contributed by atoms with Crippen LogP contribution in [0.25, 0.3) is 0 Å². The van der Waals surface area contributed by atoms with Gasteiger partial charge in [0.1, 0.15) is 5.82 Å². The second-order valence-corrected chi connectivity index (χ2v) is 4.84. The van der Waals surface area contributed by atoms with Gasteiger partial charge in [-0.2, -0.15) is 0 Å². The summed E-state index contributed by atoms with van der Waals surface area (Å²) in [4.78, 5) is 4.23. The van der Waals surface area contributed by atoms with Crippen molar-refractivity contribution in [2.45, 2.75) is 25.9 Å². The maximum Gasteiger partial charge on any atom is 0.146 e. The van der Waals surface area contributed by atoms with E-state index in [0.717, 1.165) is 5.69 Å². The Morgan fingerprint density at radius 3 is 3.00 bits per heavy atom. The van der Waals surface area contributed by atoms with Gasteiger partial charge in [0.2, 0.25) is 0 Å². The van der Waals surface area contributed by atoms with Crippen molar-refractivity contribution in [3.63, 3.8) is 0 Å². The van der Waals surface area contributed by atoms with Gasteiger partial charge < -0.3 is 10.3 Å². The van der Waals surface area contributed by atoms with Crippen LogP contribution in [0, 0.1) is 5.82 Å². The van der Waals surface area contributed by atoms with Crippen molar-refractivity contribution in [2.24, 2.45) is 5.73 Å². The van der Waals surface area contributed by atoms with E-state index in [0.29, 0.717) is 18.5 Å². The fourth-order valence-corrected chi connectivity index (χ4v) is 1.99. The van der Waals surface area contributed by atoms with Crippen molar-refractivity contribution >= 4 is 11.6 Å². The number of nitrogens with two attached hydrogens (primary N) is 1. The number of halogens is 2. The molecule has 5 heteroatoms. The van der Waals surface area contributed by atoms with Crippen LogP contribution in [0.15, 0.2) is 30.7 Å². The summed E-state index contributed by atoms with van der Waals surface area (Å²) in [5, 5.41) is 0.142. The van der Waals surface area contributed by atoms with Gasteiger partial charge in [-0.15, -0.1) is 0 Å². The lowest BCUT2D eigenvalue weighted by molar-refractivity contribution is 0.599. The van der Waals surface area contributed by atoms with Gasteiger partial charge in [0, 0.05) is 24.2 Å². The molecule has 1 unspecified atom stereocenters. The molecule has 1 aromatic carbocycles. The van der Waals surface area contributed by atoms with Crippen LogP contribution in [0.1, 0.15) is 18.2 Å². The zero-order valence-electron chi connectivity index (χ0n) is 10.1. The molecule has 2 aromatic rings. The number of imidazole rings is 1. The smallest absolute Gasteiger partial charge is 0.146 e. The zero-order chi connectivity index (χ0) is 13.1. The quantitative estimate of drug-likeness (QED) is 0.925. The molecule has 0 fully saturated rings. The highest BCUT2D eigenvalue weighted by Gasteiger charge is 2.08. The molecular formula is C13H15ClFN3. The van der Waals surface area contributed by atoms with Gasteiger partial charge in [-0.1, -0.05) is 23.7 Å². The highest BCUT2D eigenvalue weighted by atomic mass is 35.5. The Hall–Kier alpha value is -1.39. The van der Waals surface area contributed by atoms with Crippen molar-refractivity contribution in [1.82, 2.24) is 9.55 Å². The molecule has 1 aromatic heterocycles. The molecule has 0 amide bonds. The van der Waals surface area contributed by atoms with E-state index < -0.39 is 0 Å². The molecule has 0 spiro atoms. The highest BCUT2D eigenvalue weighted by molar-refractivity contribution is 6.30. The molecule has 1 atom stereocenters. The zero-order valence-corrected chi connectivity index (χ0v) is 10.9. The lowest BCUT2D eigenvalue weighted by Crippen LogP contribution is -2.17. The molecule has 0 aliphatic rings. The Morgan fingerprint density at radius 1 is 1.50 bits per heavy atom. The first kappa shape index (κ1) is 13.1. The minimum Gasteiger partial charge on any atom is -0.333 e. The van der Waals surface area contributed by atoms with E-state index in [1.807, 2.05) is 17.7 Å². The molecule has 1 heterocycles. The summed E-state index contributed by atoms with van der Waals surface area (Å²) in [5.74, 6) is -0.374. The van der Waals surface area contributed by atoms with Crippen LogP contribution in [0.4, 0.5) is 4.39 Å². The van der Waals surface area contributed by atoms with Gasteiger partial charge >= 0.3 is 0 Å². The average Bonchev–Trinajstić information content (AvgIpc) is 2.71. The van der Waals surface area contributed by atoms with Crippen molar-refractivity contribution in [3.05, 3.63) is 52.8 Å². The van der Waals surface area contributed by atoms with Crippen LogP contribution in [0.2, 0.25) is 5.02 Å². The summed E-state index contributed by atoms with van der Waals surface area (Å²) < 4.78 is 15.5. The van der Waals surface area contributed by atoms with Crippen molar-refractivity contribution in [2.75, 3.05) is 0 Å². The molecule has 2 rings (SSSR count). The molecule has 0 bridgehead atoms. The lowest BCUT2D eigenvalue weighted by atomic mass is 10.2. The van der Waals surface area contributed by atoms with Crippen LogP contribution in [-0.2, 0) is 13.0 Å². The van der Waals surface area contributed by atoms with Crippen LogP contribution >= 0.6 is 11.6 Å². The molecule has 18 heavy (non-hydrogen) atoms. The van der Waals surface area contributed by atoms with Crippen molar-refractivity contribution in [3.8, 4) is 0 Å². The minimum atomic E-state index is -0.374. The molecule has 3 nitrogen and oxygen atoms in total. The largest absolute Gasteiger partial charge is 0.333 e. The Balaban J connectivity index is 2.14. The number of aromatic nitrogens is 2. The Bertz CT molecular complexity index is 537. The third kappa shape index (κ3) is 3.09. The molecule has 0 saturated carbocycles. The van der Waals surface area contributed by atoms with E-state index in [1.54, 1.807) is 18.5 Å². The minimum absolute atomic E-state index is 0.0660.